The molecule has 0 atom stereocenters. The van der Waals surface area contributed by atoms with Crippen molar-refractivity contribution < 1.29 is 4.79 Å². The van der Waals surface area contributed by atoms with E-state index in [9.17, 15) is 9.59 Å². The van der Waals surface area contributed by atoms with E-state index >= 15 is 0 Å². The zero-order chi connectivity index (χ0) is 18.3. The van der Waals surface area contributed by atoms with E-state index in [0.29, 0.717) is 21.9 Å². The molecule has 0 fully saturated rings. The van der Waals surface area contributed by atoms with E-state index in [0.717, 1.165) is 10.8 Å². The van der Waals surface area contributed by atoms with Crippen LogP contribution >= 0.6 is 11.6 Å². The number of nitrogens with one attached hydrogen (secondary N) is 1. The summed E-state index contributed by atoms with van der Waals surface area (Å²) < 4.78 is 1.33. The number of rotatable bonds is 2. The fourth-order valence-corrected chi connectivity index (χ4v) is 3.13. The average molecular weight is 364 g/mol. The van der Waals surface area contributed by atoms with Gasteiger partial charge in [0.25, 0.3) is 11.5 Å². The van der Waals surface area contributed by atoms with E-state index in [1.54, 1.807) is 25.1 Å². The monoisotopic (exact) mass is 363 g/mol. The number of carbonyl (C=O) groups excluding carboxylic acids is 1. The van der Waals surface area contributed by atoms with Gasteiger partial charge in [0.05, 0.1) is 10.7 Å². The molecule has 0 spiro atoms. The first-order valence-corrected chi connectivity index (χ1v) is 8.40. The first-order valence-electron chi connectivity index (χ1n) is 8.02. The summed E-state index contributed by atoms with van der Waals surface area (Å²) in [6.07, 6.45) is 1.49. The summed E-state index contributed by atoms with van der Waals surface area (Å²) in [7, 11) is 0. The maximum atomic E-state index is 12.8. The quantitative estimate of drug-likeness (QED) is 0.584. The Labute approximate surface area is 153 Å². The Morgan fingerprint density at radius 2 is 1.85 bits per heavy atom. The predicted molar refractivity (Wildman–Crippen MR) is 103 cm³/mol. The zero-order valence-corrected chi connectivity index (χ0v) is 14.6. The number of carbonyl (C=O) groups is 1. The number of aryl methyl sites for hydroxylation is 1. The molecule has 0 saturated carbocycles. The number of amides is 1. The van der Waals surface area contributed by atoms with Crippen LogP contribution in [0.25, 0.3) is 16.4 Å². The minimum atomic E-state index is -0.372. The molecule has 26 heavy (non-hydrogen) atoms. The Morgan fingerprint density at radius 3 is 2.69 bits per heavy atom. The third-order valence-electron chi connectivity index (χ3n) is 4.24. The van der Waals surface area contributed by atoms with Crippen LogP contribution in [-0.4, -0.2) is 15.3 Å². The highest BCUT2D eigenvalue weighted by Crippen LogP contribution is 2.20. The lowest BCUT2D eigenvalue weighted by atomic mass is 10.0. The first-order chi connectivity index (χ1) is 12.5. The normalized spacial score (nSPS) is 11.0. The number of fused-ring (bicyclic) bond motifs is 2. The van der Waals surface area contributed by atoms with Gasteiger partial charge in [-0.1, -0.05) is 48.0 Å². The highest BCUT2D eigenvalue weighted by Gasteiger charge is 2.16. The number of aromatic nitrogens is 2. The zero-order valence-electron chi connectivity index (χ0n) is 13.9. The molecule has 2 heterocycles. The van der Waals surface area contributed by atoms with Gasteiger partial charge in [-0.05, 0) is 35.9 Å². The molecule has 0 bridgehead atoms. The summed E-state index contributed by atoms with van der Waals surface area (Å²) in [6.45, 7) is 1.69. The van der Waals surface area contributed by atoms with Crippen molar-refractivity contribution in [2.24, 2.45) is 0 Å². The number of benzene rings is 2. The Morgan fingerprint density at radius 1 is 1.08 bits per heavy atom. The first kappa shape index (κ1) is 16.3. The standard InChI is InChI=1S/C20H14ClN3O2/c1-12-18(20(26)24-11-14(21)9-10-17(24)22-12)23-19(25)16-8-4-6-13-5-2-3-7-15(13)16/h2-11H,1H3,(H,23,25). The van der Waals surface area contributed by atoms with Crippen molar-refractivity contribution in [2.75, 3.05) is 5.32 Å². The van der Waals surface area contributed by atoms with Crippen LogP contribution in [0, 0.1) is 6.92 Å². The molecule has 0 unspecified atom stereocenters. The SMILES string of the molecule is Cc1nc2ccc(Cl)cn2c(=O)c1NC(=O)c1cccc2ccccc12. The summed E-state index contributed by atoms with van der Waals surface area (Å²) >= 11 is 5.97. The fraction of sp³-hybridized carbons (Fsp3) is 0.0500. The number of hydrogen-bond donors (Lipinski definition) is 1. The van der Waals surface area contributed by atoms with Crippen molar-refractivity contribution in [1.82, 2.24) is 9.38 Å². The Bertz CT molecular complexity index is 1230. The molecule has 0 aliphatic rings. The third kappa shape index (κ3) is 2.72. The topological polar surface area (TPSA) is 63.5 Å². The lowest BCUT2D eigenvalue weighted by molar-refractivity contribution is 0.102. The Hall–Kier alpha value is -3.18. The van der Waals surface area contributed by atoms with Gasteiger partial charge in [-0.3, -0.25) is 14.0 Å². The molecule has 2 aromatic heterocycles. The van der Waals surface area contributed by atoms with E-state index in [-0.39, 0.29) is 17.2 Å². The molecule has 0 saturated heterocycles. The van der Waals surface area contributed by atoms with Crippen LogP contribution in [0.15, 0.2) is 65.6 Å². The van der Waals surface area contributed by atoms with Crippen LogP contribution in [0.2, 0.25) is 5.02 Å². The fourth-order valence-electron chi connectivity index (χ4n) is 2.97. The Balaban J connectivity index is 1.82. The molecule has 2 aromatic carbocycles. The second-order valence-electron chi connectivity index (χ2n) is 5.93. The molecule has 128 valence electrons. The van der Waals surface area contributed by atoms with Crippen LogP contribution < -0.4 is 10.9 Å². The van der Waals surface area contributed by atoms with E-state index in [4.69, 9.17) is 11.6 Å². The van der Waals surface area contributed by atoms with Gasteiger partial charge in [-0.15, -0.1) is 0 Å². The highest BCUT2D eigenvalue weighted by molar-refractivity contribution is 6.30. The van der Waals surface area contributed by atoms with Gasteiger partial charge < -0.3 is 5.32 Å². The van der Waals surface area contributed by atoms with Crippen molar-refractivity contribution in [2.45, 2.75) is 6.92 Å². The second kappa shape index (κ2) is 6.28. The molecule has 4 rings (SSSR count). The van der Waals surface area contributed by atoms with Crippen molar-refractivity contribution >= 4 is 39.6 Å². The number of halogens is 1. The summed E-state index contributed by atoms with van der Waals surface area (Å²) in [4.78, 5) is 30.0. The van der Waals surface area contributed by atoms with Gasteiger partial charge in [0.1, 0.15) is 11.3 Å². The van der Waals surface area contributed by atoms with Crippen molar-refractivity contribution in [3.05, 3.63) is 87.4 Å². The smallest absolute Gasteiger partial charge is 0.281 e. The Kier molecular flexibility index (Phi) is 3.93. The maximum Gasteiger partial charge on any atom is 0.281 e. The van der Waals surface area contributed by atoms with Gasteiger partial charge in [0, 0.05) is 11.8 Å². The minimum Gasteiger partial charge on any atom is -0.316 e. The van der Waals surface area contributed by atoms with Gasteiger partial charge >= 0.3 is 0 Å². The van der Waals surface area contributed by atoms with Crippen molar-refractivity contribution in [1.29, 1.82) is 0 Å². The molecule has 0 radical (unpaired) electrons. The van der Waals surface area contributed by atoms with Crippen LogP contribution in [0.5, 0.6) is 0 Å². The van der Waals surface area contributed by atoms with Gasteiger partial charge in [0.2, 0.25) is 0 Å². The van der Waals surface area contributed by atoms with E-state index in [1.165, 1.54) is 10.6 Å². The maximum absolute atomic E-state index is 12.8. The van der Waals surface area contributed by atoms with Crippen LogP contribution in [0.4, 0.5) is 5.69 Å². The van der Waals surface area contributed by atoms with E-state index in [1.807, 2.05) is 36.4 Å². The summed E-state index contributed by atoms with van der Waals surface area (Å²) in [5.41, 5.74) is 1.19. The minimum absolute atomic E-state index is 0.141. The average Bonchev–Trinajstić information content (AvgIpc) is 2.65. The largest absolute Gasteiger partial charge is 0.316 e. The van der Waals surface area contributed by atoms with E-state index in [2.05, 4.69) is 10.3 Å². The van der Waals surface area contributed by atoms with Crippen LogP contribution in [0.3, 0.4) is 0 Å². The summed E-state index contributed by atoms with van der Waals surface area (Å²) in [6, 6.07) is 16.4. The molecular weight excluding hydrogens is 350 g/mol. The van der Waals surface area contributed by atoms with Gasteiger partial charge in [-0.2, -0.15) is 0 Å². The molecular formula is C20H14ClN3O2. The summed E-state index contributed by atoms with van der Waals surface area (Å²) in [5.74, 6) is -0.356. The molecule has 6 heteroatoms. The molecule has 4 aromatic rings. The third-order valence-corrected chi connectivity index (χ3v) is 4.46. The van der Waals surface area contributed by atoms with Gasteiger partial charge in [0.15, 0.2) is 0 Å². The molecule has 1 amide bonds. The lowest BCUT2D eigenvalue weighted by Gasteiger charge is -2.11. The highest BCUT2D eigenvalue weighted by atomic mass is 35.5. The molecule has 1 N–H and O–H groups in total. The summed E-state index contributed by atoms with van der Waals surface area (Å²) in [5, 5.41) is 4.91. The predicted octanol–water partition coefficient (Wildman–Crippen LogP) is 4.06. The molecule has 5 nitrogen and oxygen atoms in total. The van der Waals surface area contributed by atoms with Crippen molar-refractivity contribution in [3.8, 4) is 0 Å². The van der Waals surface area contributed by atoms with Crippen molar-refractivity contribution in [3.63, 3.8) is 0 Å². The number of anilines is 1. The van der Waals surface area contributed by atoms with E-state index < -0.39 is 0 Å². The van der Waals surface area contributed by atoms with Crippen LogP contribution in [0.1, 0.15) is 16.1 Å². The number of hydrogen-bond acceptors (Lipinski definition) is 3. The second-order valence-corrected chi connectivity index (χ2v) is 6.37. The lowest BCUT2D eigenvalue weighted by Crippen LogP contribution is -2.25. The number of pyridine rings is 1. The number of nitrogens with zero attached hydrogens (tertiary/aromatic N) is 2. The molecule has 0 aliphatic carbocycles. The van der Waals surface area contributed by atoms with Crippen LogP contribution in [-0.2, 0) is 0 Å². The van der Waals surface area contributed by atoms with Gasteiger partial charge in [-0.25, -0.2) is 4.98 Å². The molecule has 0 aliphatic heterocycles.